The van der Waals surface area contributed by atoms with Crippen LogP contribution >= 0.6 is 22.9 Å². The van der Waals surface area contributed by atoms with Crippen LogP contribution in [0.5, 0.6) is 0 Å². The molecule has 0 saturated heterocycles. The van der Waals surface area contributed by atoms with E-state index in [-0.39, 0.29) is 23.5 Å². The summed E-state index contributed by atoms with van der Waals surface area (Å²) in [6.45, 7) is 1.78. The molecule has 6 nitrogen and oxygen atoms in total. The van der Waals surface area contributed by atoms with Gasteiger partial charge in [0.25, 0.3) is 5.91 Å². The molecule has 2 amide bonds. The first-order valence-electron chi connectivity index (χ1n) is 7.88. The minimum atomic E-state index is -0.155. The summed E-state index contributed by atoms with van der Waals surface area (Å²) in [5.74, 6) is -0.296. The fraction of sp³-hybridized carbons (Fsp3) is 0.167. The summed E-state index contributed by atoms with van der Waals surface area (Å²) in [6, 6.07) is 10.5. The molecular formula is C18H16ClN3O3S. The summed E-state index contributed by atoms with van der Waals surface area (Å²) in [5, 5.41) is 11.4. The van der Waals surface area contributed by atoms with E-state index < -0.39 is 0 Å². The van der Waals surface area contributed by atoms with Crippen molar-refractivity contribution in [3.63, 3.8) is 0 Å². The highest BCUT2D eigenvalue weighted by molar-refractivity contribution is 7.12. The third-order valence-electron chi connectivity index (χ3n) is 3.71. The number of nitrogens with one attached hydrogen (secondary N) is 2. The molecule has 0 aliphatic carbocycles. The van der Waals surface area contributed by atoms with Crippen LogP contribution in [-0.2, 0) is 11.2 Å². The van der Waals surface area contributed by atoms with E-state index in [1.807, 2.05) is 11.4 Å². The molecule has 3 rings (SSSR count). The van der Waals surface area contributed by atoms with Gasteiger partial charge in [0.2, 0.25) is 11.1 Å². The molecule has 3 aromatic rings. The maximum Gasteiger partial charge on any atom is 0.265 e. The van der Waals surface area contributed by atoms with Gasteiger partial charge in [0.15, 0.2) is 0 Å². The first kappa shape index (κ1) is 18.2. The van der Waals surface area contributed by atoms with Gasteiger partial charge >= 0.3 is 0 Å². The Morgan fingerprint density at radius 2 is 1.85 bits per heavy atom. The van der Waals surface area contributed by atoms with E-state index in [1.54, 1.807) is 37.3 Å². The van der Waals surface area contributed by atoms with Crippen LogP contribution in [0.2, 0.25) is 5.22 Å². The fourth-order valence-corrected chi connectivity index (χ4v) is 3.22. The predicted molar refractivity (Wildman–Crippen MR) is 102 cm³/mol. The highest BCUT2D eigenvalue weighted by Crippen LogP contribution is 2.21. The zero-order valence-electron chi connectivity index (χ0n) is 13.9. The van der Waals surface area contributed by atoms with Crippen molar-refractivity contribution in [1.29, 1.82) is 0 Å². The smallest absolute Gasteiger partial charge is 0.265 e. The number of aromatic nitrogens is 1. The average Bonchev–Trinajstić information content (AvgIpc) is 3.26. The highest BCUT2D eigenvalue weighted by Gasteiger charge is 2.13. The van der Waals surface area contributed by atoms with Crippen molar-refractivity contribution in [1.82, 2.24) is 5.16 Å². The molecule has 2 N–H and O–H groups in total. The molecule has 0 aliphatic rings. The lowest BCUT2D eigenvalue weighted by molar-refractivity contribution is -0.116. The predicted octanol–water partition coefficient (Wildman–Crippen LogP) is 4.52. The van der Waals surface area contributed by atoms with Gasteiger partial charge in [-0.1, -0.05) is 11.2 Å². The summed E-state index contributed by atoms with van der Waals surface area (Å²) in [4.78, 5) is 24.7. The second-order valence-corrected chi connectivity index (χ2v) is 6.87. The molecule has 0 fully saturated rings. The number of rotatable bonds is 6. The molecule has 2 heterocycles. The number of amides is 2. The van der Waals surface area contributed by atoms with Gasteiger partial charge in [-0.2, -0.15) is 0 Å². The fourth-order valence-electron chi connectivity index (χ4n) is 2.34. The van der Waals surface area contributed by atoms with Crippen molar-refractivity contribution in [3.8, 4) is 0 Å². The Morgan fingerprint density at radius 3 is 2.42 bits per heavy atom. The van der Waals surface area contributed by atoms with E-state index in [4.69, 9.17) is 16.1 Å². The van der Waals surface area contributed by atoms with E-state index in [9.17, 15) is 9.59 Å². The molecule has 2 aromatic heterocycles. The van der Waals surface area contributed by atoms with Gasteiger partial charge in [0.05, 0.1) is 10.6 Å². The molecule has 0 atom stereocenters. The van der Waals surface area contributed by atoms with Crippen molar-refractivity contribution in [2.45, 2.75) is 19.8 Å². The maximum absolute atomic E-state index is 12.1. The summed E-state index contributed by atoms with van der Waals surface area (Å²) in [5.41, 5.74) is 2.74. The maximum atomic E-state index is 12.1. The number of thiophene rings is 1. The van der Waals surface area contributed by atoms with Gasteiger partial charge in [-0.05, 0) is 60.7 Å². The molecule has 0 spiro atoms. The number of nitrogens with zero attached hydrogens (tertiary/aromatic N) is 1. The normalized spacial score (nSPS) is 10.5. The standard InChI is InChI=1S/C18H16ClN3O3S/c1-11-14(17(19)25-22-11)8-9-16(23)20-12-4-6-13(7-5-12)21-18(24)15-3-2-10-26-15/h2-7,10H,8-9H2,1H3,(H,20,23)(H,21,24). The Kier molecular flexibility index (Phi) is 5.70. The molecule has 0 radical (unpaired) electrons. The van der Waals surface area contributed by atoms with Crippen LogP contribution in [-0.4, -0.2) is 17.0 Å². The average molecular weight is 390 g/mol. The summed E-state index contributed by atoms with van der Waals surface area (Å²) < 4.78 is 4.87. The minimum Gasteiger partial charge on any atom is -0.344 e. The number of carbonyl (C=O) groups excluding carboxylic acids is 2. The second kappa shape index (κ2) is 8.16. The van der Waals surface area contributed by atoms with Crippen LogP contribution in [0.3, 0.4) is 0 Å². The number of benzene rings is 1. The van der Waals surface area contributed by atoms with Crippen LogP contribution in [0.4, 0.5) is 11.4 Å². The molecule has 0 bridgehead atoms. The Bertz CT molecular complexity index is 885. The molecule has 134 valence electrons. The first-order chi connectivity index (χ1) is 12.5. The molecule has 0 unspecified atom stereocenters. The third kappa shape index (κ3) is 4.50. The van der Waals surface area contributed by atoms with Gasteiger partial charge in [-0.15, -0.1) is 11.3 Å². The van der Waals surface area contributed by atoms with Crippen LogP contribution in [0.25, 0.3) is 0 Å². The molecule has 8 heteroatoms. The molecule has 0 aliphatic heterocycles. The first-order valence-corrected chi connectivity index (χ1v) is 9.14. The van der Waals surface area contributed by atoms with Crippen molar-refractivity contribution >= 4 is 46.1 Å². The zero-order chi connectivity index (χ0) is 18.5. The molecule has 0 saturated carbocycles. The Hall–Kier alpha value is -2.64. The van der Waals surface area contributed by atoms with Crippen LogP contribution in [0.1, 0.15) is 27.3 Å². The SMILES string of the molecule is Cc1noc(Cl)c1CCC(=O)Nc1ccc(NC(=O)c2cccs2)cc1. The lowest BCUT2D eigenvalue weighted by Gasteiger charge is -2.07. The van der Waals surface area contributed by atoms with Gasteiger partial charge in [-0.25, -0.2) is 0 Å². The van der Waals surface area contributed by atoms with E-state index >= 15 is 0 Å². The van der Waals surface area contributed by atoms with Crippen molar-refractivity contribution in [2.24, 2.45) is 0 Å². The quantitative estimate of drug-likeness (QED) is 0.649. The summed E-state index contributed by atoms with van der Waals surface area (Å²) in [7, 11) is 0. The number of halogens is 1. The Balaban J connectivity index is 1.52. The highest BCUT2D eigenvalue weighted by atomic mass is 35.5. The van der Waals surface area contributed by atoms with Crippen LogP contribution < -0.4 is 10.6 Å². The van der Waals surface area contributed by atoms with E-state index in [2.05, 4.69) is 15.8 Å². The number of aryl methyl sites for hydroxylation is 1. The number of hydrogen-bond donors (Lipinski definition) is 2. The van der Waals surface area contributed by atoms with E-state index in [0.29, 0.717) is 28.4 Å². The largest absolute Gasteiger partial charge is 0.344 e. The zero-order valence-corrected chi connectivity index (χ0v) is 15.5. The molecular weight excluding hydrogens is 374 g/mol. The molecule has 26 heavy (non-hydrogen) atoms. The number of hydrogen-bond acceptors (Lipinski definition) is 5. The van der Waals surface area contributed by atoms with Gasteiger partial charge in [0, 0.05) is 23.4 Å². The van der Waals surface area contributed by atoms with Crippen LogP contribution in [0.15, 0.2) is 46.3 Å². The lowest BCUT2D eigenvalue weighted by Crippen LogP contribution is -2.13. The second-order valence-electron chi connectivity index (χ2n) is 5.58. The summed E-state index contributed by atoms with van der Waals surface area (Å²) in [6.07, 6.45) is 0.716. The van der Waals surface area contributed by atoms with Gasteiger partial charge < -0.3 is 15.2 Å². The van der Waals surface area contributed by atoms with Gasteiger partial charge in [0.1, 0.15) is 0 Å². The van der Waals surface area contributed by atoms with Crippen molar-refractivity contribution in [3.05, 3.63) is 63.1 Å². The van der Waals surface area contributed by atoms with Gasteiger partial charge in [-0.3, -0.25) is 9.59 Å². The monoisotopic (exact) mass is 389 g/mol. The number of anilines is 2. The third-order valence-corrected chi connectivity index (χ3v) is 4.88. The van der Waals surface area contributed by atoms with E-state index in [1.165, 1.54) is 11.3 Å². The Morgan fingerprint density at radius 1 is 1.15 bits per heavy atom. The Labute approximate surface area is 159 Å². The van der Waals surface area contributed by atoms with E-state index in [0.717, 1.165) is 5.56 Å². The molecule has 1 aromatic carbocycles. The van der Waals surface area contributed by atoms with Crippen LogP contribution in [0, 0.1) is 6.92 Å². The van der Waals surface area contributed by atoms with Crippen molar-refractivity contribution in [2.75, 3.05) is 10.6 Å². The topological polar surface area (TPSA) is 84.2 Å². The minimum absolute atomic E-state index is 0.142. The van der Waals surface area contributed by atoms with Crippen molar-refractivity contribution < 1.29 is 14.1 Å². The lowest BCUT2D eigenvalue weighted by atomic mass is 10.1. The summed E-state index contributed by atoms with van der Waals surface area (Å²) >= 11 is 7.27. The number of carbonyl (C=O) groups is 2.